The third kappa shape index (κ3) is 2.84. The molecule has 8 nitrogen and oxygen atoms in total. The van der Waals surface area contributed by atoms with Crippen molar-refractivity contribution in [2.45, 2.75) is 26.1 Å². The van der Waals surface area contributed by atoms with Crippen LogP contribution in [0, 0.1) is 6.92 Å². The Bertz CT molecular complexity index is 778. The Labute approximate surface area is 159 Å². The molecule has 0 aliphatic carbocycles. The predicted molar refractivity (Wildman–Crippen MR) is 102 cm³/mol. The molecule has 4 rings (SSSR count). The van der Waals surface area contributed by atoms with E-state index in [2.05, 4.69) is 36.1 Å². The van der Waals surface area contributed by atoms with E-state index in [1.807, 2.05) is 11.8 Å². The number of aryl methyl sites for hydroxylation is 1. The Kier molecular flexibility index (Phi) is 4.51. The molecule has 0 bridgehead atoms. The van der Waals surface area contributed by atoms with Gasteiger partial charge in [0, 0.05) is 32.4 Å². The van der Waals surface area contributed by atoms with Crippen molar-refractivity contribution in [3.63, 3.8) is 0 Å². The molecule has 3 heterocycles. The summed E-state index contributed by atoms with van der Waals surface area (Å²) in [5, 5.41) is 0. The molecule has 1 aromatic carbocycles. The quantitative estimate of drug-likeness (QED) is 0.726. The molecule has 3 aliphatic rings. The van der Waals surface area contributed by atoms with Crippen molar-refractivity contribution in [2.75, 3.05) is 44.8 Å². The summed E-state index contributed by atoms with van der Waals surface area (Å²) >= 11 is 0. The summed E-state index contributed by atoms with van der Waals surface area (Å²) < 4.78 is 5.34. The molecule has 0 N–H and O–H groups in total. The molecule has 2 saturated heterocycles. The number of imide groups is 1. The van der Waals surface area contributed by atoms with Gasteiger partial charge in [-0.2, -0.15) is 0 Å². The van der Waals surface area contributed by atoms with Gasteiger partial charge in [-0.3, -0.25) is 9.69 Å². The zero-order valence-corrected chi connectivity index (χ0v) is 16.0. The maximum Gasteiger partial charge on any atom is 0.328 e. The number of hydrogen-bond acceptors (Lipinski definition) is 6. The number of fused-ring (bicyclic) bond motifs is 3. The average molecular weight is 371 g/mol. The van der Waals surface area contributed by atoms with Gasteiger partial charge < -0.3 is 19.4 Å². The van der Waals surface area contributed by atoms with Gasteiger partial charge in [-0.15, -0.1) is 0 Å². The van der Waals surface area contributed by atoms with Crippen LogP contribution >= 0.6 is 0 Å². The average Bonchev–Trinajstić information content (AvgIpc) is 3.23. The van der Waals surface area contributed by atoms with E-state index >= 15 is 0 Å². The maximum atomic E-state index is 13.1. The number of nitrogens with zero attached hydrogens (tertiary/aromatic N) is 5. The second-order valence-electron chi connectivity index (χ2n) is 7.05. The number of urea groups is 1. The van der Waals surface area contributed by atoms with Crippen molar-refractivity contribution in [1.29, 1.82) is 0 Å². The van der Waals surface area contributed by atoms with Gasteiger partial charge in [0.15, 0.2) is 12.2 Å². The van der Waals surface area contributed by atoms with Gasteiger partial charge in [-0.05, 0) is 26.0 Å². The Balaban J connectivity index is 1.59. The topological polar surface area (TPSA) is 68.7 Å². The largest absolute Gasteiger partial charge is 0.380 e. The Hall–Kier alpha value is -2.61. The standard InChI is InChI=1S/C19H25N5O3/c1-4-27-12-11-24-17(25)15-16(21(3)19(24)26)20-18-22(9-10-23(15)18)14-7-5-13(2)6-8-14/h5-8,15-16H,4,9-12H2,1-3H3. The summed E-state index contributed by atoms with van der Waals surface area (Å²) in [6, 6.07) is 7.49. The van der Waals surface area contributed by atoms with Crippen molar-refractivity contribution in [1.82, 2.24) is 14.7 Å². The van der Waals surface area contributed by atoms with Crippen molar-refractivity contribution in [3.05, 3.63) is 29.8 Å². The number of benzene rings is 1. The number of guanidine groups is 1. The number of rotatable bonds is 5. The molecule has 2 atom stereocenters. The molecular formula is C19H25N5O3. The van der Waals surface area contributed by atoms with Gasteiger partial charge in [0.05, 0.1) is 13.2 Å². The van der Waals surface area contributed by atoms with Crippen LogP contribution in [0.25, 0.3) is 0 Å². The van der Waals surface area contributed by atoms with Crippen LogP contribution in [0.15, 0.2) is 29.3 Å². The van der Waals surface area contributed by atoms with E-state index in [0.29, 0.717) is 19.8 Å². The second kappa shape index (κ2) is 6.84. The minimum Gasteiger partial charge on any atom is -0.380 e. The first-order chi connectivity index (χ1) is 13.0. The third-order valence-electron chi connectivity index (χ3n) is 5.39. The SMILES string of the molecule is CCOCCN1C(=O)C2C(N=C3N(c4ccc(C)cc4)CCN32)N(C)C1=O. The monoisotopic (exact) mass is 371 g/mol. The summed E-state index contributed by atoms with van der Waals surface area (Å²) in [6.07, 6.45) is -0.475. The lowest BCUT2D eigenvalue weighted by Crippen LogP contribution is -2.65. The van der Waals surface area contributed by atoms with Gasteiger partial charge in [0.1, 0.15) is 0 Å². The smallest absolute Gasteiger partial charge is 0.328 e. The first-order valence-electron chi connectivity index (χ1n) is 9.37. The molecule has 27 heavy (non-hydrogen) atoms. The Morgan fingerprint density at radius 2 is 1.93 bits per heavy atom. The lowest BCUT2D eigenvalue weighted by molar-refractivity contribution is -0.138. The van der Waals surface area contributed by atoms with Gasteiger partial charge in [-0.1, -0.05) is 17.7 Å². The zero-order chi connectivity index (χ0) is 19.1. The molecule has 0 radical (unpaired) electrons. The summed E-state index contributed by atoms with van der Waals surface area (Å²) in [4.78, 5) is 37.5. The molecule has 2 unspecified atom stereocenters. The van der Waals surface area contributed by atoms with Crippen LogP contribution < -0.4 is 4.90 Å². The molecular weight excluding hydrogens is 346 g/mol. The van der Waals surface area contributed by atoms with Crippen LogP contribution in [-0.4, -0.2) is 84.7 Å². The van der Waals surface area contributed by atoms with Crippen LogP contribution in [0.5, 0.6) is 0 Å². The van der Waals surface area contributed by atoms with E-state index in [1.54, 1.807) is 11.9 Å². The molecule has 0 saturated carbocycles. The number of carbonyl (C=O) groups is 2. The summed E-state index contributed by atoms with van der Waals surface area (Å²) in [6.45, 7) is 6.60. The number of hydrogen-bond donors (Lipinski definition) is 0. The van der Waals surface area contributed by atoms with Crippen LogP contribution in [0.3, 0.4) is 0 Å². The van der Waals surface area contributed by atoms with Gasteiger partial charge in [0.2, 0.25) is 5.96 Å². The first kappa shape index (κ1) is 17.8. The van der Waals surface area contributed by atoms with E-state index < -0.39 is 12.2 Å². The number of carbonyl (C=O) groups excluding carboxylic acids is 2. The lowest BCUT2D eigenvalue weighted by atomic mass is 10.1. The Morgan fingerprint density at radius 1 is 1.19 bits per heavy atom. The van der Waals surface area contributed by atoms with E-state index in [4.69, 9.17) is 9.73 Å². The molecule has 3 aliphatic heterocycles. The van der Waals surface area contributed by atoms with E-state index in [-0.39, 0.29) is 18.5 Å². The summed E-state index contributed by atoms with van der Waals surface area (Å²) in [5.41, 5.74) is 2.25. The highest BCUT2D eigenvalue weighted by Gasteiger charge is 2.54. The highest BCUT2D eigenvalue weighted by molar-refractivity contribution is 6.07. The van der Waals surface area contributed by atoms with Crippen LogP contribution in [-0.2, 0) is 9.53 Å². The molecule has 8 heteroatoms. The maximum absolute atomic E-state index is 13.1. The zero-order valence-electron chi connectivity index (χ0n) is 16.0. The molecule has 0 aromatic heterocycles. The number of likely N-dealkylation sites (N-methyl/N-ethyl adjacent to an activating group) is 1. The van der Waals surface area contributed by atoms with Crippen molar-refractivity contribution < 1.29 is 14.3 Å². The number of amides is 3. The number of aliphatic imine (C=N–C) groups is 1. The fraction of sp³-hybridized carbons (Fsp3) is 0.526. The molecule has 0 spiro atoms. The lowest BCUT2D eigenvalue weighted by Gasteiger charge is -2.40. The van der Waals surface area contributed by atoms with Gasteiger partial charge in [-0.25, -0.2) is 9.79 Å². The van der Waals surface area contributed by atoms with E-state index in [1.165, 1.54) is 10.5 Å². The van der Waals surface area contributed by atoms with E-state index in [0.717, 1.165) is 18.2 Å². The minimum absolute atomic E-state index is 0.188. The van der Waals surface area contributed by atoms with E-state index in [9.17, 15) is 9.59 Å². The second-order valence-corrected chi connectivity index (χ2v) is 7.05. The summed E-state index contributed by atoms with van der Waals surface area (Å²) in [7, 11) is 1.71. The van der Waals surface area contributed by atoms with Gasteiger partial charge >= 0.3 is 6.03 Å². The predicted octanol–water partition coefficient (Wildman–Crippen LogP) is 1.11. The van der Waals surface area contributed by atoms with Gasteiger partial charge in [0.25, 0.3) is 5.91 Å². The number of anilines is 1. The molecule has 144 valence electrons. The van der Waals surface area contributed by atoms with Crippen LogP contribution in [0.4, 0.5) is 10.5 Å². The third-order valence-corrected chi connectivity index (χ3v) is 5.39. The molecule has 3 amide bonds. The molecule has 2 fully saturated rings. The van der Waals surface area contributed by atoms with Crippen LogP contribution in [0.1, 0.15) is 12.5 Å². The minimum atomic E-state index is -0.475. The van der Waals surface area contributed by atoms with Crippen molar-refractivity contribution >= 4 is 23.6 Å². The Morgan fingerprint density at radius 3 is 2.63 bits per heavy atom. The summed E-state index contributed by atoms with van der Waals surface area (Å²) in [5.74, 6) is 0.584. The molecule has 1 aromatic rings. The highest BCUT2D eigenvalue weighted by Crippen LogP contribution is 2.33. The van der Waals surface area contributed by atoms with Crippen molar-refractivity contribution in [2.24, 2.45) is 4.99 Å². The number of ether oxygens (including phenoxy) is 1. The van der Waals surface area contributed by atoms with Crippen molar-refractivity contribution in [3.8, 4) is 0 Å². The fourth-order valence-electron chi connectivity index (χ4n) is 3.91. The van der Waals surface area contributed by atoms with Crippen LogP contribution in [0.2, 0.25) is 0 Å². The fourth-order valence-corrected chi connectivity index (χ4v) is 3.91. The highest BCUT2D eigenvalue weighted by atomic mass is 16.5. The first-order valence-corrected chi connectivity index (χ1v) is 9.37. The normalized spacial score (nSPS) is 24.5.